The monoisotopic (exact) mass is 624 g/mol. The van der Waals surface area contributed by atoms with Crippen LogP contribution in [0.3, 0.4) is 0 Å². The van der Waals surface area contributed by atoms with Crippen LogP contribution in [0.2, 0.25) is 0 Å². The smallest absolute Gasteiger partial charge is 0.138 e. The summed E-state index contributed by atoms with van der Waals surface area (Å²) in [7, 11) is 0. The number of imidazole rings is 1. The molecule has 0 aliphatic carbocycles. The first-order valence-corrected chi connectivity index (χ1v) is 16.5. The Morgan fingerprint density at radius 3 is 1.98 bits per heavy atom. The zero-order valence-corrected chi connectivity index (χ0v) is 26.5. The number of hydrogen-bond donors (Lipinski definition) is 0. The fraction of sp³-hybridized carbons (Fsp3) is 0. The number of benzene rings is 6. The molecular weight excluding hydrogens is 597 g/mol. The molecule has 10 aromatic rings. The Kier molecular flexibility index (Phi) is 6.15. The van der Waals surface area contributed by atoms with Crippen LogP contribution < -0.4 is 0 Å². The Balaban J connectivity index is 1.13. The second-order valence-electron chi connectivity index (χ2n) is 12.5. The molecule has 0 fully saturated rings. The summed E-state index contributed by atoms with van der Waals surface area (Å²) in [6, 6.07) is 55.6. The fourth-order valence-corrected chi connectivity index (χ4v) is 7.34. The minimum absolute atomic E-state index is 0.873. The summed E-state index contributed by atoms with van der Waals surface area (Å²) in [5, 5.41) is 6.90. The van der Waals surface area contributed by atoms with Crippen LogP contribution in [-0.2, 0) is 0 Å². The first-order chi connectivity index (χ1) is 24.3. The maximum Gasteiger partial charge on any atom is 0.138 e. The molecule has 0 radical (unpaired) electrons. The fourth-order valence-electron chi connectivity index (χ4n) is 7.34. The van der Waals surface area contributed by atoms with Crippen molar-refractivity contribution >= 4 is 49.0 Å². The van der Waals surface area contributed by atoms with Gasteiger partial charge >= 0.3 is 0 Å². The zero-order valence-electron chi connectivity index (χ0n) is 26.5. The van der Waals surface area contributed by atoms with Gasteiger partial charge in [0, 0.05) is 45.1 Å². The van der Waals surface area contributed by atoms with E-state index in [2.05, 4.69) is 150 Å². The topological polar surface area (TPSA) is 43.1 Å². The predicted octanol–water partition coefficient (Wildman–Crippen LogP) is 11.4. The van der Waals surface area contributed by atoms with Gasteiger partial charge in [-0.05, 0) is 51.7 Å². The first-order valence-electron chi connectivity index (χ1n) is 16.5. The van der Waals surface area contributed by atoms with Crippen molar-refractivity contribution in [3.05, 3.63) is 170 Å². The summed E-state index contributed by atoms with van der Waals surface area (Å²) < 4.78 is 2.16. The van der Waals surface area contributed by atoms with Crippen molar-refractivity contribution in [2.45, 2.75) is 0 Å². The molecule has 0 aliphatic rings. The van der Waals surface area contributed by atoms with E-state index in [0.29, 0.717) is 0 Å². The van der Waals surface area contributed by atoms with E-state index < -0.39 is 0 Å². The molecule has 10 rings (SSSR count). The Morgan fingerprint density at radius 2 is 1.12 bits per heavy atom. The van der Waals surface area contributed by atoms with Gasteiger partial charge in [0.25, 0.3) is 0 Å². The average molecular weight is 625 g/mol. The van der Waals surface area contributed by atoms with Gasteiger partial charge in [0.05, 0.1) is 22.4 Å². The Bertz CT molecular complexity index is 2860. The van der Waals surface area contributed by atoms with Crippen LogP contribution in [0.5, 0.6) is 0 Å². The van der Waals surface area contributed by atoms with Crippen molar-refractivity contribution in [3.63, 3.8) is 0 Å². The molecule has 0 spiro atoms. The van der Waals surface area contributed by atoms with Crippen molar-refractivity contribution in [2.24, 2.45) is 0 Å². The summed E-state index contributed by atoms with van der Waals surface area (Å²) in [4.78, 5) is 15.3. The standard InChI is InChI=1S/C45H28N4/c1-2-12-32(13-3-1)41-37-23-22-34(28-39(37)47-42-35-14-6-4-10-30(35)21-24-38(41)42)29-17-19-33(20-18-29)45-44(48-40-16-8-9-27-49(40)45)43-36-15-7-5-11-31(36)25-26-46-43/h1-28H. The summed E-state index contributed by atoms with van der Waals surface area (Å²) >= 11 is 0. The lowest BCUT2D eigenvalue weighted by Crippen LogP contribution is -1.92. The minimum atomic E-state index is 0.873. The number of aromatic nitrogens is 4. The Morgan fingerprint density at radius 1 is 0.429 bits per heavy atom. The highest BCUT2D eigenvalue weighted by atomic mass is 15.0. The average Bonchev–Trinajstić information content (AvgIpc) is 3.56. The highest BCUT2D eigenvalue weighted by Crippen LogP contribution is 2.40. The molecule has 0 unspecified atom stereocenters. The van der Waals surface area contributed by atoms with E-state index in [0.717, 1.165) is 66.6 Å². The minimum Gasteiger partial charge on any atom is -0.299 e. The molecule has 4 aromatic heterocycles. The quantitative estimate of drug-likeness (QED) is 0.145. The van der Waals surface area contributed by atoms with Gasteiger partial charge in [0.15, 0.2) is 0 Å². The second kappa shape index (κ2) is 11.0. The second-order valence-corrected chi connectivity index (χ2v) is 12.5. The molecule has 4 heteroatoms. The molecular formula is C45H28N4. The van der Waals surface area contributed by atoms with Crippen LogP contribution in [0.15, 0.2) is 170 Å². The van der Waals surface area contributed by atoms with Crippen LogP contribution in [0.4, 0.5) is 0 Å². The van der Waals surface area contributed by atoms with Gasteiger partial charge in [0.2, 0.25) is 0 Å². The van der Waals surface area contributed by atoms with Crippen LogP contribution >= 0.6 is 0 Å². The van der Waals surface area contributed by atoms with Gasteiger partial charge in [-0.15, -0.1) is 0 Å². The lowest BCUT2D eigenvalue weighted by Gasteiger charge is -2.14. The normalized spacial score (nSPS) is 11.7. The highest BCUT2D eigenvalue weighted by molar-refractivity contribution is 6.17. The Labute approximate surface area is 282 Å². The molecule has 0 bridgehead atoms. The van der Waals surface area contributed by atoms with Crippen molar-refractivity contribution in [2.75, 3.05) is 0 Å². The van der Waals surface area contributed by atoms with E-state index in [-0.39, 0.29) is 0 Å². The van der Waals surface area contributed by atoms with Crippen molar-refractivity contribution in [1.29, 1.82) is 0 Å². The lowest BCUT2D eigenvalue weighted by atomic mass is 9.92. The van der Waals surface area contributed by atoms with E-state index >= 15 is 0 Å². The van der Waals surface area contributed by atoms with E-state index in [4.69, 9.17) is 15.0 Å². The Hall–Kier alpha value is -6.65. The van der Waals surface area contributed by atoms with E-state index in [1.165, 1.54) is 27.3 Å². The number of rotatable bonds is 4. The maximum atomic E-state index is 5.32. The third-order valence-electron chi connectivity index (χ3n) is 9.65. The number of nitrogens with zero attached hydrogens (tertiary/aromatic N) is 4. The molecule has 0 N–H and O–H groups in total. The molecule has 0 saturated carbocycles. The van der Waals surface area contributed by atoms with E-state index in [1.54, 1.807) is 0 Å². The van der Waals surface area contributed by atoms with Gasteiger partial charge in [-0.2, -0.15) is 0 Å². The molecule has 0 saturated heterocycles. The third-order valence-corrected chi connectivity index (χ3v) is 9.65. The number of hydrogen-bond acceptors (Lipinski definition) is 3. The summed E-state index contributed by atoms with van der Waals surface area (Å²) in [6.45, 7) is 0. The predicted molar refractivity (Wildman–Crippen MR) is 203 cm³/mol. The van der Waals surface area contributed by atoms with E-state index in [1.807, 2.05) is 24.4 Å². The molecule has 228 valence electrons. The van der Waals surface area contributed by atoms with Gasteiger partial charge in [-0.25, -0.2) is 9.97 Å². The van der Waals surface area contributed by atoms with E-state index in [9.17, 15) is 0 Å². The lowest BCUT2D eigenvalue weighted by molar-refractivity contribution is 1.19. The molecule has 4 heterocycles. The number of pyridine rings is 3. The summed E-state index contributed by atoms with van der Waals surface area (Å²) in [5.74, 6) is 0. The van der Waals surface area contributed by atoms with Crippen molar-refractivity contribution in [3.8, 4) is 44.9 Å². The number of fused-ring (bicyclic) bond motifs is 6. The van der Waals surface area contributed by atoms with Crippen LogP contribution in [-0.4, -0.2) is 19.4 Å². The molecule has 0 aliphatic heterocycles. The van der Waals surface area contributed by atoms with Gasteiger partial charge in [-0.3, -0.25) is 9.38 Å². The van der Waals surface area contributed by atoms with Gasteiger partial charge < -0.3 is 0 Å². The highest BCUT2D eigenvalue weighted by Gasteiger charge is 2.19. The molecule has 4 nitrogen and oxygen atoms in total. The molecule has 0 atom stereocenters. The first kappa shape index (κ1) is 27.5. The largest absolute Gasteiger partial charge is 0.299 e. The molecule has 6 aromatic carbocycles. The SMILES string of the molecule is c1ccc(-c2c3ccc(-c4ccc(-c5c(-c6nccc7ccccc67)nc6ccccn56)cc4)cc3nc3c2ccc2ccccc23)cc1. The third kappa shape index (κ3) is 4.42. The van der Waals surface area contributed by atoms with Crippen LogP contribution in [0.25, 0.3) is 93.9 Å². The molecule has 0 amide bonds. The van der Waals surface area contributed by atoms with Crippen molar-refractivity contribution < 1.29 is 0 Å². The van der Waals surface area contributed by atoms with Crippen LogP contribution in [0, 0.1) is 0 Å². The zero-order chi connectivity index (χ0) is 32.3. The molecule has 49 heavy (non-hydrogen) atoms. The maximum absolute atomic E-state index is 5.32. The van der Waals surface area contributed by atoms with Crippen LogP contribution in [0.1, 0.15) is 0 Å². The van der Waals surface area contributed by atoms with Crippen molar-refractivity contribution in [1.82, 2.24) is 19.4 Å². The summed E-state index contributed by atoms with van der Waals surface area (Å²) in [5.41, 5.74) is 11.4. The van der Waals surface area contributed by atoms with Gasteiger partial charge in [0.1, 0.15) is 11.3 Å². The summed E-state index contributed by atoms with van der Waals surface area (Å²) in [6.07, 6.45) is 3.95. The van der Waals surface area contributed by atoms with Gasteiger partial charge in [-0.1, -0.05) is 133 Å².